The Morgan fingerprint density at radius 3 is 2.70 bits per heavy atom. The predicted molar refractivity (Wildman–Crippen MR) is 46.5 cm³/mol. The first kappa shape index (κ1) is 9.28. The largest absolute Gasteiger partial charge is 0.402 e. The molecule has 0 aliphatic heterocycles. The Kier molecular flexibility index (Phi) is 4.73. The molecular formula is C9H17N. The summed E-state index contributed by atoms with van der Waals surface area (Å²) < 4.78 is 0. The van der Waals surface area contributed by atoms with Crippen molar-refractivity contribution in [1.29, 1.82) is 0 Å². The molecule has 0 heterocycles. The molecule has 0 bridgehead atoms. The second-order valence-electron chi connectivity index (χ2n) is 2.70. The molecular weight excluding hydrogens is 122 g/mol. The van der Waals surface area contributed by atoms with Gasteiger partial charge in [-0.25, -0.2) is 0 Å². The van der Waals surface area contributed by atoms with Gasteiger partial charge in [0.1, 0.15) is 0 Å². The monoisotopic (exact) mass is 139 g/mol. The van der Waals surface area contributed by atoms with Crippen molar-refractivity contribution in [3.8, 4) is 0 Å². The summed E-state index contributed by atoms with van der Waals surface area (Å²) in [7, 11) is 0. The highest BCUT2D eigenvalue weighted by Gasteiger charge is 2.00. The zero-order chi connectivity index (χ0) is 7.98. The zero-order valence-corrected chi connectivity index (χ0v) is 6.77. The molecule has 58 valence electrons. The molecule has 1 unspecified atom stereocenters. The van der Waals surface area contributed by atoms with Crippen LogP contribution >= 0.6 is 0 Å². The van der Waals surface area contributed by atoms with E-state index in [4.69, 9.17) is 5.73 Å². The second kappa shape index (κ2) is 5.10. The van der Waals surface area contributed by atoms with E-state index in [0.717, 1.165) is 18.5 Å². The van der Waals surface area contributed by atoms with Gasteiger partial charge in [-0.3, -0.25) is 0 Å². The number of hydrogen-bond acceptors (Lipinski definition) is 1. The Balaban J connectivity index is 3.30. The Morgan fingerprint density at radius 2 is 2.30 bits per heavy atom. The summed E-state index contributed by atoms with van der Waals surface area (Å²) in [5.74, 6) is 0.458. The Labute approximate surface area is 63.6 Å². The van der Waals surface area contributed by atoms with Crippen molar-refractivity contribution in [3.63, 3.8) is 0 Å². The molecule has 0 amide bonds. The van der Waals surface area contributed by atoms with Crippen LogP contribution in [0.2, 0.25) is 0 Å². The van der Waals surface area contributed by atoms with Crippen molar-refractivity contribution >= 4 is 0 Å². The van der Waals surface area contributed by atoms with E-state index in [2.05, 4.69) is 20.1 Å². The van der Waals surface area contributed by atoms with Gasteiger partial charge in [-0.05, 0) is 25.2 Å². The quantitative estimate of drug-likeness (QED) is 0.459. The minimum atomic E-state index is 0.458. The van der Waals surface area contributed by atoms with Gasteiger partial charge in [-0.15, -0.1) is 6.58 Å². The first-order chi connectivity index (χ1) is 4.68. The van der Waals surface area contributed by atoms with Crippen molar-refractivity contribution in [2.24, 2.45) is 11.7 Å². The van der Waals surface area contributed by atoms with Gasteiger partial charge in [-0.2, -0.15) is 0 Å². The minimum Gasteiger partial charge on any atom is -0.402 e. The molecule has 0 aromatic heterocycles. The molecule has 0 rings (SSSR count). The second-order valence-corrected chi connectivity index (χ2v) is 2.70. The number of unbranched alkanes of at least 4 members (excludes halogenated alkanes) is 1. The summed E-state index contributed by atoms with van der Waals surface area (Å²) in [4.78, 5) is 0. The van der Waals surface area contributed by atoms with Crippen molar-refractivity contribution in [1.82, 2.24) is 0 Å². The maximum Gasteiger partial charge on any atom is 0.00362 e. The Hall–Kier alpha value is -0.720. The summed E-state index contributed by atoms with van der Waals surface area (Å²) in [6.07, 6.45) is 5.31. The van der Waals surface area contributed by atoms with Crippen molar-refractivity contribution in [2.45, 2.75) is 26.2 Å². The van der Waals surface area contributed by atoms with Crippen molar-refractivity contribution in [3.05, 3.63) is 24.9 Å². The molecule has 0 aliphatic carbocycles. The smallest absolute Gasteiger partial charge is 0.00362 e. The fourth-order valence-corrected chi connectivity index (χ4v) is 0.754. The van der Waals surface area contributed by atoms with E-state index in [9.17, 15) is 0 Å². The van der Waals surface area contributed by atoms with E-state index >= 15 is 0 Å². The number of hydrogen-bond donors (Lipinski definition) is 1. The lowest BCUT2D eigenvalue weighted by atomic mass is 10.0. The molecule has 1 nitrogen and oxygen atoms in total. The summed E-state index contributed by atoms with van der Waals surface area (Å²) in [5.41, 5.74) is 6.29. The van der Waals surface area contributed by atoms with Crippen LogP contribution in [-0.2, 0) is 0 Å². The maximum atomic E-state index is 5.50. The first-order valence-corrected chi connectivity index (χ1v) is 3.73. The highest BCUT2D eigenvalue weighted by atomic mass is 14.6. The van der Waals surface area contributed by atoms with Gasteiger partial charge < -0.3 is 5.73 Å². The molecule has 1 atom stereocenters. The van der Waals surface area contributed by atoms with E-state index < -0.39 is 0 Å². The fourth-order valence-electron chi connectivity index (χ4n) is 0.754. The van der Waals surface area contributed by atoms with E-state index in [1.807, 2.05) is 6.08 Å². The average Bonchev–Trinajstić information content (AvgIpc) is 1.88. The van der Waals surface area contributed by atoms with E-state index in [1.54, 1.807) is 0 Å². The number of rotatable bonds is 5. The van der Waals surface area contributed by atoms with E-state index in [1.165, 1.54) is 6.42 Å². The average molecular weight is 139 g/mol. The summed E-state index contributed by atoms with van der Waals surface area (Å²) in [6, 6.07) is 0. The van der Waals surface area contributed by atoms with Gasteiger partial charge in [0, 0.05) is 5.70 Å². The molecule has 2 N–H and O–H groups in total. The molecule has 0 fully saturated rings. The molecule has 0 spiro atoms. The molecule has 0 aromatic rings. The molecule has 1 heteroatoms. The van der Waals surface area contributed by atoms with Crippen LogP contribution in [-0.4, -0.2) is 0 Å². The van der Waals surface area contributed by atoms with Crippen molar-refractivity contribution in [2.75, 3.05) is 0 Å². The minimum absolute atomic E-state index is 0.458. The molecule has 0 aromatic carbocycles. The van der Waals surface area contributed by atoms with Crippen LogP contribution in [0, 0.1) is 5.92 Å². The number of nitrogens with two attached hydrogens (primary N) is 1. The topological polar surface area (TPSA) is 26.0 Å². The first-order valence-electron chi connectivity index (χ1n) is 3.73. The lowest BCUT2D eigenvalue weighted by Crippen LogP contribution is -2.06. The Morgan fingerprint density at radius 1 is 1.70 bits per heavy atom. The third-order valence-corrected chi connectivity index (χ3v) is 1.68. The van der Waals surface area contributed by atoms with Crippen LogP contribution in [0.3, 0.4) is 0 Å². The molecule has 0 saturated heterocycles. The molecule has 0 radical (unpaired) electrons. The summed E-state index contributed by atoms with van der Waals surface area (Å²) >= 11 is 0. The highest BCUT2D eigenvalue weighted by molar-refractivity contribution is 4.91. The standard InChI is InChI=1S/C9H17N/c1-4-5-6-7-8(2)9(3)10/h4,8H,1,3,5-7,10H2,2H3. The van der Waals surface area contributed by atoms with Gasteiger partial charge in [0.2, 0.25) is 0 Å². The van der Waals surface area contributed by atoms with Crippen LogP contribution in [0.25, 0.3) is 0 Å². The van der Waals surface area contributed by atoms with Gasteiger partial charge >= 0.3 is 0 Å². The Bertz CT molecular complexity index is 116. The summed E-state index contributed by atoms with van der Waals surface area (Å²) in [6.45, 7) is 9.44. The van der Waals surface area contributed by atoms with Crippen LogP contribution in [0.5, 0.6) is 0 Å². The predicted octanol–water partition coefficient (Wildman–Crippen LogP) is 2.45. The van der Waals surface area contributed by atoms with Gasteiger partial charge in [0.15, 0.2) is 0 Å². The molecule has 0 saturated carbocycles. The third kappa shape index (κ3) is 4.19. The van der Waals surface area contributed by atoms with Gasteiger partial charge in [0.05, 0.1) is 0 Å². The van der Waals surface area contributed by atoms with E-state index in [0.29, 0.717) is 5.92 Å². The summed E-state index contributed by atoms with van der Waals surface area (Å²) in [5, 5.41) is 0. The van der Waals surface area contributed by atoms with Crippen molar-refractivity contribution < 1.29 is 0 Å². The molecule has 10 heavy (non-hydrogen) atoms. The lowest BCUT2D eigenvalue weighted by Gasteiger charge is -2.08. The normalized spacial score (nSPS) is 12.5. The van der Waals surface area contributed by atoms with Crippen LogP contribution < -0.4 is 5.73 Å². The SMILES string of the molecule is C=CCCCC(C)C(=C)N. The van der Waals surface area contributed by atoms with E-state index in [-0.39, 0.29) is 0 Å². The van der Waals surface area contributed by atoms with Crippen LogP contribution in [0.1, 0.15) is 26.2 Å². The van der Waals surface area contributed by atoms with Crippen LogP contribution in [0.15, 0.2) is 24.9 Å². The third-order valence-electron chi connectivity index (χ3n) is 1.68. The molecule has 0 aliphatic rings. The maximum absolute atomic E-state index is 5.50. The van der Waals surface area contributed by atoms with Crippen LogP contribution in [0.4, 0.5) is 0 Å². The zero-order valence-electron chi connectivity index (χ0n) is 6.77. The number of allylic oxidation sites excluding steroid dienone is 2. The van der Waals surface area contributed by atoms with Gasteiger partial charge in [-0.1, -0.05) is 19.6 Å². The lowest BCUT2D eigenvalue weighted by molar-refractivity contribution is 0.580. The highest BCUT2D eigenvalue weighted by Crippen LogP contribution is 2.11. The fraction of sp³-hybridized carbons (Fsp3) is 0.556. The van der Waals surface area contributed by atoms with Gasteiger partial charge in [0.25, 0.3) is 0 Å².